The number of hydrogen-bond acceptors (Lipinski definition) is 4. The van der Waals surface area contributed by atoms with Crippen LogP contribution in [0, 0.1) is 0 Å². The maximum absolute atomic E-state index is 6.10. The highest BCUT2D eigenvalue weighted by molar-refractivity contribution is 5.78. The molecule has 3 rings (SSSR count). The molecule has 1 unspecified atom stereocenters. The Hall–Kier alpha value is -2.76. The van der Waals surface area contributed by atoms with Gasteiger partial charge in [-0.1, -0.05) is 24.3 Å². The second-order valence-corrected chi connectivity index (χ2v) is 5.95. The van der Waals surface area contributed by atoms with Crippen LogP contribution in [0.25, 0.3) is 0 Å². The number of aromatic nitrogens is 1. The van der Waals surface area contributed by atoms with Crippen molar-refractivity contribution in [3.8, 4) is 5.75 Å². The van der Waals surface area contributed by atoms with Gasteiger partial charge in [0.15, 0.2) is 5.96 Å². The maximum atomic E-state index is 6.10. The fraction of sp³-hybridized carbons (Fsp3) is 0.333. The van der Waals surface area contributed by atoms with Crippen molar-refractivity contribution in [2.24, 2.45) is 10.7 Å². The monoisotopic (exact) mass is 325 g/mol. The van der Waals surface area contributed by atoms with Gasteiger partial charge in [-0.05, 0) is 12.1 Å². The van der Waals surface area contributed by atoms with Crippen molar-refractivity contribution in [2.45, 2.75) is 19.0 Å². The minimum absolute atomic E-state index is 0.126. The Bertz CT molecular complexity index is 729. The lowest BCUT2D eigenvalue weighted by atomic mass is 10.0. The molecule has 1 aromatic heterocycles. The first-order valence-corrected chi connectivity index (χ1v) is 8.04. The van der Waals surface area contributed by atoms with E-state index in [-0.39, 0.29) is 6.04 Å². The van der Waals surface area contributed by atoms with Gasteiger partial charge in [0, 0.05) is 37.8 Å². The summed E-state index contributed by atoms with van der Waals surface area (Å²) in [7, 11) is 3.94. The zero-order valence-corrected chi connectivity index (χ0v) is 14.1. The molecule has 24 heavy (non-hydrogen) atoms. The number of nitrogens with two attached hydrogens (primary N) is 1. The molecular formula is C18H23N5O. The number of guanidine groups is 1. The Labute approximate surface area is 142 Å². The first-order chi connectivity index (χ1) is 11.6. The molecule has 0 fully saturated rings. The van der Waals surface area contributed by atoms with Crippen molar-refractivity contribution in [1.29, 1.82) is 0 Å². The maximum Gasteiger partial charge on any atom is 0.189 e. The van der Waals surface area contributed by atoms with Crippen molar-refractivity contribution in [1.82, 2.24) is 10.3 Å². The van der Waals surface area contributed by atoms with Crippen LogP contribution in [0.15, 0.2) is 47.6 Å². The fourth-order valence-corrected chi connectivity index (χ4v) is 2.84. The average molecular weight is 325 g/mol. The van der Waals surface area contributed by atoms with Crippen molar-refractivity contribution in [3.63, 3.8) is 0 Å². The Kier molecular flexibility index (Phi) is 4.84. The summed E-state index contributed by atoms with van der Waals surface area (Å²) < 4.78 is 5.67. The van der Waals surface area contributed by atoms with E-state index in [4.69, 9.17) is 10.5 Å². The highest BCUT2D eigenvalue weighted by Crippen LogP contribution is 2.31. The third kappa shape index (κ3) is 3.59. The van der Waals surface area contributed by atoms with Crippen LogP contribution in [0.1, 0.15) is 23.6 Å². The summed E-state index contributed by atoms with van der Waals surface area (Å²) in [6.07, 6.45) is 2.65. The summed E-state index contributed by atoms with van der Waals surface area (Å²) in [6, 6.07) is 12.1. The second kappa shape index (κ2) is 7.21. The molecule has 0 bridgehead atoms. The zero-order valence-electron chi connectivity index (χ0n) is 14.1. The first kappa shape index (κ1) is 16.1. The normalized spacial score (nSPS) is 16.9. The topological polar surface area (TPSA) is 75.8 Å². The largest absolute Gasteiger partial charge is 0.493 e. The van der Waals surface area contributed by atoms with Crippen molar-refractivity contribution < 1.29 is 4.74 Å². The van der Waals surface area contributed by atoms with E-state index in [0.717, 1.165) is 29.1 Å². The van der Waals surface area contributed by atoms with E-state index < -0.39 is 0 Å². The Balaban J connectivity index is 1.70. The predicted molar refractivity (Wildman–Crippen MR) is 96.3 cm³/mol. The van der Waals surface area contributed by atoms with Gasteiger partial charge in [-0.15, -0.1) is 0 Å². The molecule has 1 aromatic carbocycles. The number of aliphatic imine (C=N–C) groups is 1. The fourth-order valence-electron chi connectivity index (χ4n) is 2.84. The molecule has 1 aliphatic rings. The predicted octanol–water partition coefficient (Wildman–Crippen LogP) is 2.08. The van der Waals surface area contributed by atoms with Gasteiger partial charge in [0.05, 0.1) is 19.2 Å². The lowest BCUT2D eigenvalue weighted by molar-refractivity contribution is 0.262. The molecular weight excluding hydrogens is 302 g/mol. The summed E-state index contributed by atoms with van der Waals surface area (Å²) in [6.45, 7) is 1.17. The number of para-hydroxylation sites is 1. The minimum atomic E-state index is 0.126. The van der Waals surface area contributed by atoms with Crippen LogP contribution in [-0.4, -0.2) is 31.6 Å². The van der Waals surface area contributed by atoms with Crippen LogP contribution >= 0.6 is 0 Å². The van der Waals surface area contributed by atoms with Gasteiger partial charge in [-0.2, -0.15) is 0 Å². The number of ether oxygens (including phenoxy) is 1. The molecule has 126 valence electrons. The quantitative estimate of drug-likeness (QED) is 0.665. The minimum Gasteiger partial charge on any atom is -0.493 e. The molecule has 3 N–H and O–H groups in total. The summed E-state index contributed by atoms with van der Waals surface area (Å²) in [5.74, 6) is 2.26. The third-order valence-corrected chi connectivity index (χ3v) is 3.99. The molecule has 1 aliphatic heterocycles. The van der Waals surface area contributed by atoms with E-state index in [1.54, 1.807) is 6.20 Å². The molecule has 0 saturated heterocycles. The van der Waals surface area contributed by atoms with Crippen LogP contribution < -0.4 is 20.7 Å². The van der Waals surface area contributed by atoms with Gasteiger partial charge in [-0.3, -0.25) is 0 Å². The molecule has 0 saturated carbocycles. The van der Waals surface area contributed by atoms with Gasteiger partial charge < -0.3 is 20.7 Å². The molecule has 0 aliphatic carbocycles. The summed E-state index contributed by atoms with van der Waals surface area (Å²) in [5.41, 5.74) is 8.26. The number of anilines is 1. The highest BCUT2D eigenvalue weighted by atomic mass is 16.5. The lowest BCUT2D eigenvalue weighted by Gasteiger charge is -2.27. The Morgan fingerprint density at radius 2 is 2.17 bits per heavy atom. The van der Waals surface area contributed by atoms with Gasteiger partial charge in [0.1, 0.15) is 11.6 Å². The number of rotatable bonds is 4. The second-order valence-electron chi connectivity index (χ2n) is 5.95. The summed E-state index contributed by atoms with van der Waals surface area (Å²) in [5, 5.41) is 3.31. The van der Waals surface area contributed by atoms with Gasteiger partial charge in [0.2, 0.25) is 0 Å². The molecule has 0 amide bonds. The van der Waals surface area contributed by atoms with Crippen LogP contribution in [-0.2, 0) is 6.54 Å². The molecule has 2 aromatic rings. The summed E-state index contributed by atoms with van der Waals surface area (Å²) >= 11 is 0. The SMILES string of the molecule is CN(C)c1ncccc1CN=C(N)NC1CCOc2ccccc21. The highest BCUT2D eigenvalue weighted by Gasteiger charge is 2.21. The zero-order chi connectivity index (χ0) is 16.9. The van der Waals surface area contributed by atoms with Gasteiger partial charge in [-0.25, -0.2) is 9.98 Å². The van der Waals surface area contributed by atoms with Crippen LogP contribution in [0.2, 0.25) is 0 Å². The van der Waals surface area contributed by atoms with E-state index in [0.29, 0.717) is 19.1 Å². The number of benzene rings is 1. The third-order valence-electron chi connectivity index (χ3n) is 3.99. The average Bonchev–Trinajstić information content (AvgIpc) is 2.60. The van der Waals surface area contributed by atoms with Crippen molar-refractivity contribution in [3.05, 3.63) is 53.7 Å². The van der Waals surface area contributed by atoms with Gasteiger partial charge in [0.25, 0.3) is 0 Å². The molecule has 6 heteroatoms. The van der Waals surface area contributed by atoms with Gasteiger partial charge >= 0.3 is 0 Å². The number of hydrogen-bond donors (Lipinski definition) is 2. The molecule has 0 radical (unpaired) electrons. The van der Waals surface area contributed by atoms with Crippen LogP contribution in [0.3, 0.4) is 0 Å². The molecule has 1 atom stereocenters. The number of fused-ring (bicyclic) bond motifs is 1. The molecule has 2 heterocycles. The van der Waals surface area contributed by atoms with E-state index in [1.165, 1.54) is 0 Å². The standard InChI is InChI=1S/C18H23N5O/c1-23(2)17-13(6-5-10-20-17)12-21-18(19)22-15-9-11-24-16-8-4-3-7-14(15)16/h3-8,10,15H,9,11-12H2,1-2H3,(H3,19,21,22). The van der Waals surface area contributed by atoms with Crippen molar-refractivity contribution in [2.75, 3.05) is 25.6 Å². The van der Waals surface area contributed by atoms with E-state index in [9.17, 15) is 0 Å². The first-order valence-electron chi connectivity index (χ1n) is 8.04. The molecule has 0 spiro atoms. The smallest absolute Gasteiger partial charge is 0.189 e. The lowest BCUT2D eigenvalue weighted by Crippen LogP contribution is -2.37. The number of nitrogens with zero attached hydrogens (tertiary/aromatic N) is 3. The van der Waals surface area contributed by atoms with E-state index in [1.807, 2.05) is 49.3 Å². The van der Waals surface area contributed by atoms with E-state index in [2.05, 4.69) is 21.4 Å². The summed E-state index contributed by atoms with van der Waals surface area (Å²) in [4.78, 5) is 10.8. The van der Waals surface area contributed by atoms with E-state index >= 15 is 0 Å². The number of pyridine rings is 1. The van der Waals surface area contributed by atoms with Crippen molar-refractivity contribution >= 4 is 11.8 Å². The Morgan fingerprint density at radius 3 is 3.00 bits per heavy atom. The Morgan fingerprint density at radius 1 is 1.33 bits per heavy atom. The van der Waals surface area contributed by atoms with Crippen LogP contribution in [0.4, 0.5) is 5.82 Å². The molecule has 6 nitrogen and oxygen atoms in total. The number of nitrogens with one attached hydrogen (secondary N) is 1. The van der Waals surface area contributed by atoms with Crippen LogP contribution in [0.5, 0.6) is 5.75 Å².